The summed E-state index contributed by atoms with van der Waals surface area (Å²) in [6.45, 7) is 0.527. The first-order chi connectivity index (χ1) is 6.09. The van der Waals surface area contributed by atoms with Gasteiger partial charge in [-0.15, -0.1) is 0 Å². The van der Waals surface area contributed by atoms with Gasteiger partial charge in [-0.1, -0.05) is 12.1 Å². The van der Waals surface area contributed by atoms with Gasteiger partial charge in [-0.3, -0.25) is 0 Å². The minimum atomic E-state index is -3.68. The highest BCUT2D eigenvalue weighted by Crippen LogP contribution is 2.34. The van der Waals surface area contributed by atoms with E-state index in [0.717, 1.165) is 12.0 Å². The highest BCUT2D eigenvalue weighted by Gasteiger charge is 2.22. The zero-order chi connectivity index (χ0) is 9.47. The van der Waals surface area contributed by atoms with Crippen LogP contribution < -0.4 is 4.74 Å². The van der Waals surface area contributed by atoms with Gasteiger partial charge < -0.3 is 4.74 Å². The molecule has 0 spiro atoms. The summed E-state index contributed by atoms with van der Waals surface area (Å²) < 4.78 is 27.3. The van der Waals surface area contributed by atoms with Crippen molar-refractivity contribution < 1.29 is 13.2 Å². The van der Waals surface area contributed by atoms with Crippen LogP contribution >= 0.6 is 10.7 Å². The molecule has 1 aliphatic heterocycles. The second kappa shape index (κ2) is 2.89. The molecule has 0 aliphatic carbocycles. The molecule has 0 aromatic heterocycles. The highest BCUT2D eigenvalue weighted by molar-refractivity contribution is 8.13. The Morgan fingerprint density at radius 1 is 1.38 bits per heavy atom. The van der Waals surface area contributed by atoms with Crippen LogP contribution in [0.3, 0.4) is 0 Å². The van der Waals surface area contributed by atoms with Crippen molar-refractivity contribution in [2.75, 3.05) is 6.61 Å². The van der Waals surface area contributed by atoms with Crippen LogP contribution in [-0.2, 0) is 15.5 Å². The molecule has 0 N–H and O–H groups in total. The molecule has 1 heterocycles. The van der Waals surface area contributed by atoms with Gasteiger partial charge >= 0.3 is 0 Å². The van der Waals surface area contributed by atoms with Crippen LogP contribution in [-0.4, -0.2) is 15.0 Å². The molecule has 0 bridgehead atoms. The molecule has 1 aliphatic rings. The molecule has 13 heavy (non-hydrogen) atoms. The third-order valence-electron chi connectivity index (χ3n) is 1.94. The zero-order valence-electron chi connectivity index (χ0n) is 6.66. The lowest BCUT2D eigenvalue weighted by Crippen LogP contribution is -1.95. The van der Waals surface area contributed by atoms with Gasteiger partial charge in [0, 0.05) is 17.1 Å². The number of para-hydroxylation sites is 1. The quantitative estimate of drug-likeness (QED) is 0.672. The summed E-state index contributed by atoms with van der Waals surface area (Å²) in [5.41, 5.74) is 0.904. The maximum absolute atomic E-state index is 11.1. The molecule has 0 saturated heterocycles. The van der Waals surface area contributed by atoms with Gasteiger partial charge in [-0.25, -0.2) is 8.42 Å². The lowest BCUT2D eigenvalue weighted by Gasteiger charge is -2.03. The summed E-state index contributed by atoms with van der Waals surface area (Å²) >= 11 is 0. The summed E-state index contributed by atoms with van der Waals surface area (Å²) in [6, 6.07) is 4.96. The molecule has 5 heteroatoms. The molecular formula is C8H7ClO3S. The Balaban J connectivity index is 2.67. The lowest BCUT2D eigenvalue weighted by molar-refractivity contribution is 0.349. The molecule has 0 saturated carbocycles. The summed E-state index contributed by atoms with van der Waals surface area (Å²) in [7, 11) is 1.55. The van der Waals surface area contributed by atoms with E-state index in [1.807, 2.05) is 6.07 Å². The molecule has 1 aromatic rings. The first kappa shape index (κ1) is 8.84. The normalized spacial score (nSPS) is 15.2. The first-order valence-corrected chi connectivity index (χ1v) is 6.09. The van der Waals surface area contributed by atoms with Crippen LogP contribution in [0.4, 0.5) is 0 Å². The van der Waals surface area contributed by atoms with E-state index in [1.165, 1.54) is 6.07 Å². The molecule has 3 nitrogen and oxygen atoms in total. The lowest BCUT2D eigenvalue weighted by atomic mass is 10.2. The summed E-state index contributed by atoms with van der Waals surface area (Å²) in [4.78, 5) is 0.0733. The summed E-state index contributed by atoms with van der Waals surface area (Å²) in [5.74, 6) is 0.414. The maximum Gasteiger partial charge on any atom is 0.264 e. The van der Waals surface area contributed by atoms with E-state index < -0.39 is 9.05 Å². The number of hydrogen-bond acceptors (Lipinski definition) is 3. The monoisotopic (exact) mass is 218 g/mol. The fourth-order valence-corrected chi connectivity index (χ4v) is 2.39. The number of hydrogen-bond donors (Lipinski definition) is 0. The molecule has 0 radical (unpaired) electrons. The van der Waals surface area contributed by atoms with Crippen molar-refractivity contribution in [3.8, 4) is 5.75 Å². The molecule has 70 valence electrons. The van der Waals surface area contributed by atoms with Crippen molar-refractivity contribution in [3.63, 3.8) is 0 Å². The molecule has 2 rings (SSSR count). The van der Waals surface area contributed by atoms with Crippen molar-refractivity contribution in [1.82, 2.24) is 0 Å². The van der Waals surface area contributed by atoms with E-state index in [4.69, 9.17) is 15.4 Å². The smallest absolute Gasteiger partial charge is 0.264 e. The number of benzene rings is 1. The van der Waals surface area contributed by atoms with Crippen LogP contribution in [0, 0.1) is 0 Å². The summed E-state index contributed by atoms with van der Waals surface area (Å²) in [6.07, 6.45) is 0.746. The average molecular weight is 219 g/mol. The zero-order valence-corrected chi connectivity index (χ0v) is 8.23. The number of ether oxygens (including phenoxy) is 1. The fourth-order valence-electron chi connectivity index (χ4n) is 1.38. The molecule has 0 unspecified atom stereocenters. The third-order valence-corrected chi connectivity index (χ3v) is 3.29. The number of rotatable bonds is 1. The van der Waals surface area contributed by atoms with Crippen molar-refractivity contribution in [2.45, 2.75) is 11.3 Å². The topological polar surface area (TPSA) is 43.4 Å². The predicted molar refractivity (Wildman–Crippen MR) is 48.7 cm³/mol. The van der Waals surface area contributed by atoms with Gasteiger partial charge in [-0.2, -0.15) is 0 Å². The van der Waals surface area contributed by atoms with E-state index in [1.54, 1.807) is 6.07 Å². The van der Waals surface area contributed by atoms with Crippen LogP contribution in [0.1, 0.15) is 5.56 Å². The molecule has 1 aromatic carbocycles. The Bertz CT molecular complexity index is 439. The Morgan fingerprint density at radius 3 is 2.85 bits per heavy atom. The Hall–Kier alpha value is -0.740. The van der Waals surface area contributed by atoms with E-state index in [9.17, 15) is 8.42 Å². The van der Waals surface area contributed by atoms with Crippen LogP contribution in [0.2, 0.25) is 0 Å². The third kappa shape index (κ3) is 1.51. The van der Waals surface area contributed by atoms with Crippen molar-refractivity contribution in [2.24, 2.45) is 0 Å². The fraction of sp³-hybridized carbons (Fsp3) is 0.250. The van der Waals surface area contributed by atoms with E-state index in [-0.39, 0.29) is 4.90 Å². The van der Waals surface area contributed by atoms with E-state index >= 15 is 0 Å². The minimum Gasteiger partial charge on any atom is -0.492 e. The van der Waals surface area contributed by atoms with Gasteiger partial charge in [0.1, 0.15) is 10.6 Å². The summed E-state index contributed by atoms with van der Waals surface area (Å²) in [5, 5.41) is 0. The number of fused-ring (bicyclic) bond motifs is 1. The Morgan fingerprint density at radius 2 is 2.15 bits per heavy atom. The Kier molecular flexibility index (Phi) is 1.96. The van der Waals surface area contributed by atoms with Crippen LogP contribution in [0.25, 0.3) is 0 Å². The van der Waals surface area contributed by atoms with Crippen LogP contribution in [0.5, 0.6) is 5.75 Å². The van der Waals surface area contributed by atoms with Gasteiger partial charge in [0.2, 0.25) is 0 Å². The van der Waals surface area contributed by atoms with Gasteiger partial charge in [0.05, 0.1) is 6.61 Å². The average Bonchev–Trinajstić information content (AvgIpc) is 2.48. The van der Waals surface area contributed by atoms with E-state index in [2.05, 4.69) is 0 Å². The van der Waals surface area contributed by atoms with Gasteiger partial charge in [0.15, 0.2) is 0 Å². The molecule has 0 atom stereocenters. The molecule has 0 amide bonds. The molecule has 0 fully saturated rings. The number of halogens is 1. The van der Waals surface area contributed by atoms with Gasteiger partial charge in [-0.05, 0) is 11.6 Å². The van der Waals surface area contributed by atoms with E-state index in [0.29, 0.717) is 12.4 Å². The standard InChI is InChI=1S/C8H7ClO3S/c9-13(10,11)7-3-1-2-6-4-5-12-8(6)7/h1-3H,4-5H2. The maximum atomic E-state index is 11.1. The first-order valence-electron chi connectivity index (χ1n) is 3.78. The highest BCUT2D eigenvalue weighted by atomic mass is 35.7. The minimum absolute atomic E-state index is 0.0733. The molecular weight excluding hydrogens is 212 g/mol. The van der Waals surface area contributed by atoms with Crippen molar-refractivity contribution >= 4 is 19.7 Å². The van der Waals surface area contributed by atoms with Crippen molar-refractivity contribution in [3.05, 3.63) is 23.8 Å². The second-order valence-corrected chi connectivity index (χ2v) is 5.32. The predicted octanol–water partition coefficient (Wildman–Crippen LogP) is 1.55. The van der Waals surface area contributed by atoms with Crippen molar-refractivity contribution in [1.29, 1.82) is 0 Å². The largest absolute Gasteiger partial charge is 0.492 e. The van der Waals surface area contributed by atoms with Gasteiger partial charge in [0.25, 0.3) is 9.05 Å². The van der Waals surface area contributed by atoms with Crippen LogP contribution in [0.15, 0.2) is 23.1 Å². The second-order valence-electron chi connectivity index (χ2n) is 2.78. The Labute approximate surface area is 80.7 Å². The SMILES string of the molecule is O=S(=O)(Cl)c1cccc2c1OCC2.